The third-order valence-electron chi connectivity index (χ3n) is 2.71. The first-order valence-corrected chi connectivity index (χ1v) is 6.08. The molecule has 0 aliphatic heterocycles. The standard InChI is InChI=1S/C15H11ClF2O/c1-9-4-11(8-12(16)5-9)15(19)7-10-2-3-13(17)14(18)6-10/h2-6,8H,7H2,1H3. The van der Waals surface area contributed by atoms with Crippen LogP contribution in [0.3, 0.4) is 0 Å². The lowest BCUT2D eigenvalue weighted by atomic mass is 10.0. The average Bonchev–Trinajstić information content (AvgIpc) is 2.32. The Hall–Kier alpha value is -1.74. The minimum atomic E-state index is -0.951. The molecule has 0 saturated heterocycles. The van der Waals surface area contributed by atoms with Crippen molar-refractivity contribution in [3.8, 4) is 0 Å². The predicted molar refractivity (Wildman–Crippen MR) is 70.6 cm³/mol. The van der Waals surface area contributed by atoms with Gasteiger partial charge in [0.1, 0.15) is 0 Å². The van der Waals surface area contributed by atoms with Gasteiger partial charge in [0.2, 0.25) is 0 Å². The smallest absolute Gasteiger partial charge is 0.167 e. The van der Waals surface area contributed by atoms with Crippen molar-refractivity contribution in [3.63, 3.8) is 0 Å². The van der Waals surface area contributed by atoms with E-state index in [2.05, 4.69) is 0 Å². The number of halogens is 3. The van der Waals surface area contributed by atoms with Crippen LogP contribution in [0.15, 0.2) is 36.4 Å². The summed E-state index contributed by atoms with van der Waals surface area (Å²) >= 11 is 5.88. The van der Waals surface area contributed by atoms with E-state index >= 15 is 0 Å². The number of carbonyl (C=O) groups is 1. The second kappa shape index (κ2) is 5.49. The third kappa shape index (κ3) is 3.38. The van der Waals surface area contributed by atoms with Gasteiger partial charge in [0, 0.05) is 17.0 Å². The van der Waals surface area contributed by atoms with E-state index in [4.69, 9.17) is 11.6 Å². The molecule has 0 bridgehead atoms. The molecular weight excluding hydrogens is 270 g/mol. The van der Waals surface area contributed by atoms with Crippen molar-refractivity contribution in [1.29, 1.82) is 0 Å². The molecule has 2 aromatic carbocycles. The molecule has 0 amide bonds. The van der Waals surface area contributed by atoms with Gasteiger partial charge < -0.3 is 0 Å². The van der Waals surface area contributed by atoms with Gasteiger partial charge in [-0.25, -0.2) is 8.78 Å². The number of Topliss-reactive ketones (excluding diaryl/α,β-unsaturated/α-hetero) is 1. The molecule has 0 radical (unpaired) electrons. The van der Waals surface area contributed by atoms with E-state index in [9.17, 15) is 13.6 Å². The van der Waals surface area contributed by atoms with Crippen LogP contribution in [0.25, 0.3) is 0 Å². The van der Waals surface area contributed by atoms with E-state index in [1.165, 1.54) is 6.07 Å². The van der Waals surface area contributed by atoms with Crippen LogP contribution in [-0.2, 0) is 6.42 Å². The van der Waals surface area contributed by atoms with Crippen molar-refractivity contribution in [2.24, 2.45) is 0 Å². The molecule has 0 N–H and O–H groups in total. The summed E-state index contributed by atoms with van der Waals surface area (Å²) in [7, 11) is 0. The van der Waals surface area contributed by atoms with Crippen molar-refractivity contribution >= 4 is 17.4 Å². The van der Waals surface area contributed by atoms with E-state index in [1.807, 2.05) is 6.92 Å². The number of hydrogen-bond donors (Lipinski definition) is 0. The van der Waals surface area contributed by atoms with Gasteiger partial charge in [-0.2, -0.15) is 0 Å². The van der Waals surface area contributed by atoms with E-state index in [0.29, 0.717) is 16.1 Å². The summed E-state index contributed by atoms with van der Waals surface area (Å²) in [5.41, 5.74) is 1.78. The average molecular weight is 281 g/mol. The number of rotatable bonds is 3. The molecule has 4 heteroatoms. The number of ketones is 1. The molecule has 0 unspecified atom stereocenters. The zero-order valence-corrected chi connectivity index (χ0v) is 11.0. The Labute approximate surface area is 114 Å². The second-order valence-electron chi connectivity index (χ2n) is 4.37. The monoisotopic (exact) mass is 280 g/mol. The Bertz CT molecular complexity index is 618. The highest BCUT2D eigenvalue weighted by Gasteiger charge is 2.10. The van der Waals surface area contributed by atoms with E-state index < -0.39 is 11.6 Å². The van der Waals surface area contributed by atoms with Crippen LogP contribution in [-0.4, -0.2) is 5.78 Å². The molecule has 0 spiro atoms. The maximum absolute atomic E-state index is 13.1. The molecule has 0 aromatic heterocycles. The van der Waals surface area contributed by atoms with Crippen LogP contribution in [0.4, 0.5) is 8.78 Å². The summed E-state index contributed by atoms with van der Waals surface area (Å²) in [6.07, 6.45) is 0.0109. The quantitative estimate of drug-likeness (QED) is 0.764. The number of aryl methyl sites for hydroxylation is 1. The Kier molecular flexibility index (Phi) is 3.96. The number of hydrogen-bond acceptors (Lipinski definition) is 1. The summed E-state index contributed by atoms with van der Waals surface area (Å²) in [5, 5.41) is 0.480. The Morgan fingerprint density at radius 1 is 1.11 bits per heavy atom. The molecule has 0 aliphatic carbocycles. The molecule has 0 heterocycles. The van der Waals surface area contributed by atoms with Crippen LogP contribution in [0.5, 0.6) is 0 Å². The lowest BCUT2D eigenvalue weighted by Gasteiger charge is -2.04. The topological polar surface area (TPSA) is 17.1 Å². The molecule has 2 aromatic rings. The highest BCUT2D eigenvalue weighted by atomic mass is 35.5. The molecule has 0 aliphatic rings. The molecular formula is C15H11ClF2O. The molecule has 2 rings (SSSR count). The van der Waals surface area contributed by atoms with Crippen molar-refractivity contribution in [3.05, 3.63) is 69.7 Å². The molecule has 98 valence electrons. The van der Waals surface area contributed by atoms with Gasteiger partial charge in [0.05, 0.1) is 0 Å². The lowest BCUT2D eigenvalue weighted by Crippen LogP contribution is -2.04. The third-order valence-corrected chi connectivity index (χ3v) is 2.93. The highest BCUT2D eigenvalue weighted by Crippen LogP contribution is 2.17. The SMILES string of the molecule is Cc1cc(Cl)cc(C(=O)Cc2ccc(F)c(F)c2)c1. The fraction of sp³-hybridized carbons (Fsp3) is 0.133. The van der Waals surface area contributed by atoms with Crippen molar-refractivity contribution in [1.82, 2.24) is 0 Å². The van der Waals surface area contributed by atoms with Crippen LogP contribution in [0, 0.1) is 18.6 Å². The van der Waals surface area contributed by atoms with Crippen molar-refractivity contribution in [2.45, 2.75) is 13.3 Å². The number of carbonyl (C=O) groups excluding carboxylic acids is 1. The summed E-state index contributed by atoms with van der Waals surface area (Å²) in [4.78, 5) is 12.0. The first kappa shape index (κ1) is 13.7. The zero-order valence-electron chi connectivity index (χ0n) is 10.2. The predicted octanol–water partition coefficient (Wildman–Crippen LogP) is 4.35. The van der Waals surface area contributed by atoms with Crippen LogP contribution >= 0.6 is 11.6 Å². The van der Waals surface area contributed by atoms with Gasteiger partial charge in [-0.15, -0.1) is 0 Å². The molecule has 0 fully saturated rings. The summed E-state index contributed by atoms with van der Waals surface area (Å²) < 4.78 is 25.8. The molecule has 0 atom stereocenters. The fourth-order valence-electron chi connectivity index (χ4n) is 1.83. The van der Waals surface area contributed by atoms with Gasteiger partial charge in [-0.3, -0.25) is 4.79 Å². The summed E-state index contributed by atoms with van der Waals surface area (Å²) in [6, 6.07) is 8.47. The van der Waals surface area contributed by atoms with Crippen LogP contribution < -0.4 is 0 Å². The van der Waals surface area contributed by atoms with E-state index in [0.717, 1.165) is 17.7 Å². The van der Waals surface area contributed by atoms with Gasteiger partial charge in [-0.05, 0) is 48.4 Å². The minimum absolute atomic E-state index is 0.0109. The Morgan fingerprint density at radius 2 is 1.84 bits per heavy atom. The molecule has 0 saturated carbocycles. The van der Waals surface area contributed by atoms with Crippen LogP contribution in [0.2, 0.25) is 5.02 Å². The fourth-order valence-corrected chi connectivity index (χ4v) is 2.12. The maximum Gasteiger partial charge on any atom is 0.167 e. The normalized spacial score (nSPS) is 10.5. The van der Waals surface area contributed by atoms with Gasteiger partial charge in [0.25, 0.3) is 0 Å². The van der Waals surface area contributed by atoms with E-state index in [1.54, 1.807) is 18.2 Å². The highest BCUT2D eigenvalue weighted by molar-refractivity contribution is 6.31. The van der Waals surface area contributed by atoms with Gasteiger partial charge in [0.15, 0.2) is 17.4 Å². The van der Waals surface area contributed by atoms with Gasteiger partial charge >= 0.3 is 0 Å². The first-order valence-electron chi connectivity index (χ1n) is 5.70. The largest absolute Gasteiger partial charge is 0.294 e. The van der Waals surface area contributed by atoms with Crippen molar-refractivity contribution in [2.75, 3.05) is 0 Å². The maximum atomic E-state index is 13.1. The minimum Gasteiger partial charge on any atom is -0.294 e. The number of benzene rings is 2. The summed E-state index contributed by atoms with van der Waals surface area (Å²) in [5.74, 6) is -2.06. The zero-order chi connectivity index (χ0) is 14.0. The van der Waals surface area contributed by atoms with Gasteiger partial charge in [-0.1, -0.05) is 17.7 Å². The molecule has 1 nitrogen and oxygen atoms in total. The van der Waals surface area contributed by atoms with E-state index in [-0.39, 0.29) is 12.2 Å². The second-order valence-corrected chi connectivity index (χ2v) is 4.80. The van der Waals surface area contributed by atoms with Crippen molar-refractivity contribution < 1.29 is 13.6 Å². The molecule has 19 heavy (non-hydrogen) atoms. The Balaban J connectivity index is 2.22. The lowest BCUT2D eigenvalue weighted by molar-refractivity contribution is 0.0993. The summed E-state index contributed by atoms with van der Waals surface area (Å²) in [6.45, 7) is 1.83. The Morgan fingerprint density at radius 3 is 2.47 bits per heavy atom. The first-order chi connectivity index (χ1) is 8.95. The van der Waals surface area contributed by atoms with Crippen LogP contribution in [0.1, 0.15) is 21.5 Å².